The molecule has 0 saturated heterocycles. The fourth-order valence-electron chi connectivity index (χ4n) is 4.01. The van der Waals surface area contributed by atoms with Crippen LogP contribution in [0, 0.1) is 6.92 Å². The van der Waals surface area contributed by atoms with E-state index in [1.54, 1.807) is 6.92 Å². The van der Waals surface area contributed by atoms with E-state index in [0.717, 1.165) is 31.7 Å². The lowest BCUT2D eigenvalue weighted by atomic mass is 10.0. The van der Waals surface area contributed by atoms with Crippen molar-refractivity contribution in [2.45, 2.75) is 57.9 Å². The number of nitrogens with zero attached hydrogens (tertiary/aromatic N) is 2. The summed E-state index contributed by atoms with van der Waals surface area (Å²) in [6.07, 6.45) is -1.91. The number of nitrogens with one attached hydrogen (secondary N) is 1. The molecule has 2 aromatic heterocycles. The van der Waals surface area contributed by atoms with Crippen molar-refractivity contribution in [2.75, 3.05) is 0 Å². The van der Waals surface area contributed by atoms with Crippen LogP contribution >= 0.6 is 0 Å². The predicted molar refractivity (Wildman–Crippen MR) is 112 cm³/mol. The fourth-order valence-corrected chi connectivity index (χ4v) is 4.01. The quantitative estimate of drug-likeness (QED) is 0.548. The first kappa shape index (κ1) is 22.8. The molecule has 1 unspecified atom stereocenters. The van der Waals surface area contributed by atoms with Gasteiger partial charge < -0.3 is 14.6 Å². The number of amides is 1. The highest BCUT2D eigenvalue weighted by molar-refractivity contribution is 6.05. The zero-order valence-electron chi connectivity index (χ0n) is 18.0. The Balaban J connectivity index is 1.68. The van der Waals surface area contributed by atoms with E-state index >= 15 is 0 Å². The summed E-state index contributed by atoms with van der Waals surface area (Å²) in [5.41, 5.74) is -1.10. The molecule has 0 radical (unpaired) electrons. The first-order chi connectivity index (χ1) is 15.6. The number of carbonyl (C=O) groups excluding carboxylic acids is 2. The van der Waals surface area contributed by atoms with E-state index in [1.807, 2.05) is 0 Å². The highest BCUT2D eigenvalue weighted by Crippen LogP contribution is 2.37. The molecule has 0 bridgehead atoms. The highest BCUT2D eigenvalue weighted by Gasteiger charge is 2.34. The van der Waals surface area contributed by atoms with Gasteiger partial charge in [0.15, 0.2) is 6.10 Å². The largest absolute Gasteiger partial charge is 0.449 e. The normalized spacial score (nSPS) is 15.5. The number of esters is 1. The van der Waals surface area contributed by atoms with Crippen LogP contribution in [0.2, 0.25) is 0 Å². The maximum absolute atomic E-state index is 13.5. The number of hydrogen-bond donors (Lipinski definition) is 1. The standard InChI is InChI=1S/C23H22F3N3O4/c1-12-19-16(22(31)32-13(2)20(30)27-14-7-3-4-8-14)11-18(28-21(19)33-29-12)15-9-5-6-10-17(15)23(24,25)26/h5-6,9-11,13-14H,3-4,7-8H2,1-2H3,(H,27,30). The SMILES string of the molecule is Cc1noc2nc(-c3ccccc3C(F)(F)F)cc(C(=O)OC(C)C(=O)NC3CCCC3)c12. The number of aryl methyl sites for hydroxylation is 1. The molecular formula is C23H22F3N3O4. The van der Waals surface area contributed by atoms with Crippen LogP contribution in [0.4, 0.5) is 13.2 Å². The van der Waals surface area contributed by atoms with Gasteiger partial charge in [-0.05, 0) is 38.8 Å². The lowest BCUT2D eigenvalue weighted by Gasteiger charge is -2.17. The van der Waals surface area contributed by atoms with Gasteiger partial charge >= 0.3 is 12.1 Å². The molecule has 4 rings (SSSR count). The summed E-state index contributed by atoms with van der Waals surface area (Å²) in [7, 11) is 0. The van der Waals surface area contributed by atoms with Crippen LogP contribution in [0.25, 0.3) is 22.4 Å². The number of fused-ring (bicyclic) bond motifs is 1. The van der Waals surface area contributed by atoms with Crippen LogP contribution in [-0.2, 0) is 15.7 Å². The summed E-state index contributed by atoms with van der Waals surface area (Å²) in [6.45, 7) is 3.02. The van der Waals surface area contributed by atoms with Crippen molar-refractivity contribution < 1.29 is 32.0 Å². The van der Waals surface area contributed by atoms with Gasteiger partial charge in [0, 0.05) is 11.6 Å². The van der Waals surface area contributed by atoms with E-state index in [9.17, 15) is 22.8 Å². The Morgan fingerprint density at radius 2 is 1.91 bits per heavy atom. The number of ether oxygens (including phenoxy) is 1. The van der Waals surface area contributed by atoms with Gasteiger partial charge in [0.2, 0.25) is 0 Å². The van der Waals surface area contributed by atoms with Crippen molar-refractivity contribution in [3.63, 3.8) is 0 Å². The second-order valence-electron chi connectivity index (χ2n) is 8.08. The minimum atomic E-state index is -4.63. The summed E-state index contributed by atoms with van der Waals surface area (Å²) >= 11 is 0. The van der Waals surface area contributed by atoms with Gasteiger partial charge in [0.1, 0.15) is 0 Å². The lowest BCUT2D eigenvalue weighted by molar-refractivity contribution is -0.137. The molecule has 2 heterocycles. The van der Waals surface area contributed by atoms with Gasteiger partial charge in [-0.1, -0.05) is 36.2 Å². The third-order valence-corrected chi connectivity index (χ3v) is 5.70. The van der Waals surface area contributed by atoms with E-state index in [4.69, 9.17) is 9.26 Å². The monoisotopic (exact) mass is 461 g/mol. The predicted octanol–water partition coefficient (Wildman–Crippen LogP) is 4.82. The first-order valence-electron chi connectivity index (χ1n) is 10.6. The van der Waals surface area contributed by atoms with Gasteiger partial charge in [-0.25, -0.2) is 9.78 Å². The van der Waals surface area contributed by atoms with E-state index in [0.29, 0.717) is 5.69 Å². The average Bonchev–Trinajstić information content (AvgIpc) is 3.42. The molecular weight excluding hydrogens is 439 g/mol. The molecule has 174 valence electrons. The molecule has 33 heavy (non-hydrogen) atoms. The van der Waals surface area contributed by atoms with Gasteiger partial charge in [-0.15, -0.1) is 0 Å². The number of alkyl halides is 3. The van der Waals surface area contributed by atoms with Crippen LogP contribution < -0.4 is 5.32 Å². The third kappa shape index (κ3) is 4.69. The maximum Gasteiger partial charge on any atom is 0.417 e. The Morgan fingerprint density at radius 1 is 1.21 bits per heavy atom. The maximum atomic E-state index is 13.5. The molecule has 1 aromatic carbocycles. The molecule has 1 amide bonds. The Morgan fingerprint density at radius 3 is 2.61 bits per heavy atom. The van der Waals surface area contributed by atoms with Crippen LogP contribution in [0.1, 0.15) is 54.2 Å². The average molecular weight is 461 g/mol. The van der Waals surface area contributed by atoms with Crippen molar-refractivity contribution in [1.29, 1.82) is 0 Å². The molecule has 1 N–H and O–H groups in total. The number of rotatable bonds is 5. The molecule has 1 aliphatic carbocycles. The minimum absolute atomic E-state index is 0.0528. The van der Waals surface area contributed by atoms with E-state index < -0.39 is 29.7 Å². The highest BCUT2D eigenvalue weighted by atomic mass is 19.4. The molecule has 1 fully saturated rings. The van der Waals surface area contributed by atoms with Gasteiger partial charge in [0.05, 0.1) is 27.9 Å². The summed E-state index contributed by atoms with van der Waals surface area (Å²) in [6, 6.07) is 6.16. The molecule has 0 aliphatic heterocycles. The zero-order chi connectivity index (χ0) is 23.8. The first-order valence-corrected chi connectivity index (χ1v) is 10.6. The molecule has 1 saturated carbocycles. The second kappa shape index (κ2) is 8.84. The number of halogens is 3. The molecule has 1 atom stereocenters. The van der Waals surface area contributed by atoms with Crippen LogP contribution in [0.5, 0.6) is 0 Å². The van der Waals surface area contributed by atoms with Crippen molar-refractivity contribution in [3.05, 3.63) is 47.2 Å². The Kier molecular flexibility index (Phi) is 6.09. The van der Waals surface area contributed by atoms with E-state index in [2.05, 4.69) is 15.5 Å². The van der Waals surface area contributed by atoms with Crippen molar-refractivity contribution in [1.82, 2.24) is 15.5 Å². The number of pyridine rings is 1. The third-order valence-electron chi connectivity index (χ3n) is 5.70. The molecule has 3 aromatic rings. The van der Waals surface area contributed by atoms with Crippen molar-refractivity contribution in [2.24, 2.45) is 0 Å². The van der Waals surface area contributed by atoms with Crippen molar-refractivity contribution >= 4 is 23.0 Å². The lowest BCUT2D eigenvalue weighted by Crippen LogP contribution is -2.40. The smallest absolute Gasteiger partial charge is 0.417 e. The van der Waals surface area contributed by atoms with Crippen LogP contribution in [0.3, 0.4) is 0 Å². The Hall–Kier alpha value is -3.43. The molecule has 7 nitrogen and oxygen atoms in total. The molecule has 1 aliphatic rings. The molecule has 10 heteroatoms. The number of hydrogen-bond acceptors (Lipinski definition) is 6. The van der Waals surface area contributed by atoms with Crippen LogP contribution in [-0.4, -0.2) is 34.2 Å². The van der Waals surface area contributed by atoms with E-state index in [-0.39, 0.29) is 34.0 Å². The Labute approximate surface area is 187 Å². The van der Waals surface area contributed by atoms with E-state index in [1.165, 1.54) is 31.2 Å². The summed E-state index contributed by atoms with van der Waals surface area (Å²) < 4.78 is 51.1. The van der Waals surface area contributed by atoms with Gasteiger partial charge in [0.25, 0.3) is 11.6 Å². The van der Waals surface area contributed by atoms with Gasteiger partial charge in [-0.2, -0.15) is 13.2 Å². The number of carbonyl (C=O) groups is 2. The van der Waals surface area contributed by atoms with Crippen molar-refractivity contribution in [3.8, 4) is 11.3 Å². The summed E-state index contributed by atoms with van der Waals surface area (Å²) in [4.78, 5) is 29.6. The summed E-state index contributed by atoms with van der Waals surface area (Å²) in [5, 5.41) is 6.86. The van der Waals surface area contributed by atoms with Gasteiger partial charge in [-0.3, -0.25) is 4.79 Å². The second-order valence-corrected chi connectivity index (χ2v) is 8.08. The number of benzene rings is 1. The molecule has 0 spiro atoms. The fraction of sp³-hybridized carbons (Fsp3) is 0.391. The topological polar surface area (TPSA) is 94.3 Å². The number of aromatic nitrogens is 2. The van der Waals surface area contributed by atoms with Crippen LogP contribution in [0.15, 0.2) is 34.9 Å². The Bertz CT molecular complexity index is 1200. The minimum Gasteiger partial charge on any atom is -0.449 e. The zero-order valence-corrected chi connectivity index (χ0v) is 18.0. The summed E-state index contributed by atoms with van der Waals surface area (Å²) in [5.74, 6) is -1.31.